The number of fused-ring (bicyclic) bond motifs is 1. The molecular formula is C19H20Cl2N4O2S. The fraction of sp³-hybridized carbons (Fsp3) is 0.368. The summed E-state index contributed by atoms with van der Waals surface area (Å²) in [6.45, 7) is 4.08. The van der Waals surface area contributed by atoms with Gasteiger partial charge in [0.25, 0.3) is 0 Å². The van der Waals surface area contributed by atoms with Crippen molar-refractivity contribution in [3.05, 3.63) is 46.0 Å². The predicted molar refractivity (Wildman–Crippen MR) is 114 cm³/mol. The molecule has 1 N–H and O–H groups in total. The minimum atomic E-state index is -0.624. The maximum atomic E-state index is 10.4. The molecule has 4 rings (SSSR count). The first-order valence-electron chi connectivity index (χ1n) is 9.02. The van der Waals surface area contributed by atoms with E-state index in [4.69, 9.17) is 27.9 Å². The fourth-order valence-corrected chi connectivity index (χ4v) is 4.56. The van der Waals surface area contributed by atoms with Crippen molar-refractivity contribution in [1.29, 1.82) is 0 Å². The molecule has 0 aliphatic carbocycles. The smallest absolute Gasteiger partial charge is 0.156 e. The first-order valence-corrected chi connectivity index (χ1v) is 10.7. The zero-order valence-corrected chi connectivity index (χ0v) is 17.4. The number of nitrogens with zero attached hydrogens (tertiary/aromatic N) is 4. The molecule has 1 fully saturated rings. The van der Waals surface area contributed by atoms with Gasteiger partial charge in [-0.05, 0) is 23.6 Å². The number of aliphatic hydroxyl groups excluding tert-OH is 1. The lowest BCUT2D eigenvalue weighted by Crippen LogP contribution is -2.49. The number of halogens is 2. The number of β-amino-alcohol motifs (C(OH)–C–C–N with tert-alkyl or cyclic N) is 1. The lowest BCUT2D eigenvalue weighted by Gasteiger charge is -2.36. The van der Waals surface area contributed by atoms with Crippen LogP contribution >= 0.6 is 34.5 Å². The van der Waals surface area contributed by atoms with Crippen molar-refractivity contribution in [2.24, 2.45) is 0 Å². The zero-order valence-electron chi connectivity index (χ0n) is 15.1. The highest BCUT2D eigenvalue weighted by Crippen LogP contribution is 2.32. The molecule has 1 saturated heterocycles. The van der Waals surface area contributed by atoms with E-state index < -0.39 is 6.10 Å². The molecule has 3 aromatic rings. The van der Waals surface area contributed by atoms with Crippen molar-refractivity contribution in [3.63, 3.8) is 0 Å². The standard InChI is InChI=1S/C19H20Cl2N4O2S/c20-15-2-1-3-16(21)17(15)27-11-13(26)10-24-5-7-25(8-6-24)18-14-4-9-28-19(14)23-12-22-18/h1-4,9,12-13,26H,5-8,10-11H2. The number of aliphatic hydroxyl groups is 1. The molecule has 9 heteroatoms. The van der Waals surface area contributed by atoms with Gasteiger partial charge in [0.1, 0.15) is 29.7 Å². The van der Waals surface area contributed by atoms with Gasteiger partial charge in [0.15, 0.2) is 5.75 Å². The molecule has 1 aliphatic heterocycles. The topological polar surface area (TPSA) is 61.7 Å². The molecule has 1 aliphatic rings. The molecule has 0 radical (unpaired) electrons. The SMILES string of the molecule is OC(COc1c(Cl)cccc1Cl)CN1CCN(c2ncnc3sccc23)CC1. The van der Waals surface area contributed by atoms with E-state index in [2.05, 4.69) is 25.8 Å². The quantitative estimate of drug-likeness (QED) is 0.634. The Labute approximate surface area is 177 Å². The van der Waals surface area contributed by atoms with Crippen molar-refractivity contribution >= 4 is 50.6 Å². The van der Waals surface area contributed by atoms with Crippen LogP contribution in [0.2, 0.25) is 10.0 Å². The summed E-state index contributed by atoms with van der Waals surface area (Å²) in [6.07, 6.45) is 1.00. The third-order valence-corrected chi connectivity index (χ3v) is 6.14. The van der Waals surface area contributed by atoms with Crippen LogP contribution < -0.4 is 9.64 Å². The summed E-state index contributed by atoms with van der Waals surface area (Å²) in [5, 5.41) is 14.4. The monoisotopic (exact) mass is 438 g/mol. The van der Waals surface area contributed by atoms with Crippen LogP contribution in [0.5, 0.6) is 5.75 Å². The van der Waals surface area contributed by atoms with Crippen LogP contribution in [0.25, 0.3) is 10.2 Å². The average Bonchev–Trinajstić information content (AvgIpc) is 3.17. The Kier molecular flexibility index (Phi) is 6.18. The van der Waals surface area contributed by atoms with Gasteiger partial charge in [-0.15, -0.1) is 11.3 Å². The van der Waals surface area contributed by atoms with Crippen molar-refractivity contribution in [1.82, 2.24) is 14.9 Å². The summed E-state index contributed by atoms with van der Waals surface area (Å²) in [7, 11) is 0. The second-order valence-electron chi connectivity index (χ2n) is 6.64. The van der Waals surface area contributed by atoms with Gasteiger partial charge in [0.2, 0.25) is 0 Å². The van der Waals surface area contributed by atoms with Gasteiger partial charge in [-0.2, -0.15) is 0 Å². The number of rotatable bonds is 6. The lowest BCUT2D eigenvalue weighted by molar-refractivity contribution is 0.0663. The first kappa shape index (κ1) is 19.7. The number of ether oxygens (including phenoxy) is 1. The minimum Gasteiger partial charge on any atom is -0.488 e. The molecule has 28 heavy (non-hydrogen) atoms. The maximum Gasteiger partial charge on any atom is 0.156 e. The van der Waals surface area contributed by atoms with Gasteiger partial charge in [-0.25, -0.2) is 9.97 Å². The summed E-state index contributed by atoms with van der Waals surface area (Å²) in [6, 6.07) is 7.26. The molecule has 1 aromatic carbocycles. The Morgan fingerprint density at radius 3 is 2.61 bits per heavy atom. The molecule has 2 aromatic heterocycles. The Hall–Kier alpha value is -1.64. The lowest BCUT2D eigenvalue weighted by atomic mass is 10.2. The number of anilines is 1. The Morgan fingerprint density at radius 1 is 1.11 bits per heavy atom. The maximum absolute atomic E-state index is 10.4. The first-order chi connectivity index (χ1) is 13.6. The van der Waals surface area contributed by atoms with Crippen molar-refractivity contribution in [2.45, 2.75) is 6.10 Å². The van der Waals surface area contributed by atoms with E-state index >= 15 is 0 Å². The third-order valence-electron chi connectivity index (χ3n) is 4.72. The highest BCUT2D eigenvalue weighted by Gasteiger charge is 2.22. The van der Waals surface area contributed by atoms with E-state index in [-0.39, 0.29) is 6.61 Å². The molecule has 0 spiro atoms. The number of hydrogen-bond donors (Lipinski definition) is 1. The minimum absolute atomic E-state index is 0.144. The van der Waals surface area contributed by atoms with Gasteiger partial charge >= 0.3 is 0 Å². The Morgan fingerprint density at radius 2 is 1.86 bits per heavy atom. The highest BCUT2D eigenvalue weighted by molar-refractivity contribution is 7.16. The van der Waals surface area contributed by atoms with Gasteiger partial charge < -0.3 is 14.7 Å². The van der Waals surface area contributed by atoms with Gasteiger partial charge in [-0.1, -0.05) is 29.3 Å². The van der Waals surface area contributed by atoms with Gasteiger partial charge in [-0.3, -0.25) is 4.90 Å². The largest absolute Gasteiger partial charge is 0.488 e. The normalized spacial score (nSPS) is 16.5. The molecule has 1 unspecified atom stereocenters. The second kappa shape index (κ2) is 8.80. The van der Waals surface area contributed by atoms with Crippen LogP contribution in [0.4, 0.5) is 5.82 Å². The number of aromatic nitrogens is 2. The van der Waals surface area contributed by atoms with Crippen molar-refractivity contribution in [3.8, 4) is 5.75 Å². The van der Waals surface area contributed by atoms with Crippen LogP contribution in [0.3, 0.4) is 0 Å². The Balaban J connectivity index is 1.29. The van der Waals surface area contributed by atoms with Crippen LogP contribution in [0.15, 0.2) is 36.0 Å². The van der Waals surface area contributed by atoms with Crippen LogP contribution in [-0.4, -0.2) is 65.4 Å². The van der Waals surface area contributed by atoms with Gasteiger partial charge in [0, 0.05) is 32.7 Å². The van der Waals surface area contributed by atoms with E-state index in [1.807, 2.05) is 5.38 Å². The zero-order chi connectivity index (χ0) is 19.5. The number of thiophene rings is 1. The third kappa shape index (κ3) is 4.34. The van der Waals surface area contributed by atoms with Crippen LogP contribution in [0.1, 0.15) is 0 Å². The van der Waals surface area contributed by atoms with E-state index in [9.17, 15) is 5.11 Å². The summed E-state index contributed by atoms with van der Waals surface area (Å²) in [5.41, 5.74) is 0. The fourth-order valence-electron chi connectivity index (χ4n) is 3.32. The number of para-hydroxylation sites is 1. The average molecular weight is 439 g/mol. The number of benzene rings is 1. The predicted octanol–water partition coefficient (Wildman–Crippen LogP) is 3.56. The van der Waals surface area contributed by atoms with Gasteiger partial charge in [0.05, 0.1) is 15.4 Å². The van der Waals surface area contributed by atoms with E-state index in [1.165, 1.54) is 0 Å². The summed E-state index contributed by atoms with van der Waals surface area (Å²) in [5.74, 6) is 1.40. The van der Waals surface area contributed by atoms with Crippen molar-refractivity contribution < 1.29 is 9.84 Å². The number of hydrogen-bond acceptors (Lipinski definition) is 7. The summed E-state index contributed by atoms with van der Waals surface area (Å²) < 4.78 is 5.63. The molecular weight excluding hydrogens is 419 g/mol. The van der Waals surface area contributed by atoms with Crippen LogP contribution in [0, 0.1) is 0 Å². The Bertz CT molecular complexity index is 926. The van der Waals surface area contributed by atoms with E-state index in [0.717, 1.165) is 42.2 Å². The molecule has 1 atom stereocenters. The molecule has 6 nitrogen and oxygen atoms in total. The summed E-state index contributed by atoms with van der Waals surface area (Å²) in [4.78, 5) is 14.3. The molecule has 3 heterocycles. The van der Waals surface area contributed by atoms with Crippen LogP contribution in [-0.2, 0) is 0 Å². The van der Waals surface area contributed by atoms with Crippen molar-refractivity contribution in [2.75, 3.05) is 44.2 Å². The van der Waals surface area contributed by atoms with E-state index in [1.54, 1.807) is 35.9 Å². The number of piperazine rings is 1. The summed E-state index contributed by atoms with van der Waals surface area (Å²) >= 11 is 13.8. The second-order valence-corrected chi connectivity index (χ2v) is 8.35. The molecule has 148 valence electrons. The molecule has 0 saturated carbocycles. The molecule has 0 amide bonds. The van der Waals surface area contributed by atoms with E-state index in [0.29, 0.717) is 22.3 Å². The molecule has 0 bridgehead atoms. The highest BCUT2D eigenvalue weighted by atomic mass is 35.5.